The van der Waals surface area contributed by atoms with E-state index in [1.54, 1.807) is 44.2 Å². The number of amidine groups is 1. The average molecular weight is 379 g/mol. The second-order valence-electron chi connectivity index (χ2n) is 6.15. The first kappa shape index (κ1) is 18.7. The van der Waals surface area contributed by atoms with Gasteiger partial charge in [-0.05, 0) is 37.1 Å². The molecule has 0 aromatic heterocycles. The molecule has 0 spiro atoms. The van der Waals surface area contributed by atoms with E-state index >= 15 is 0 Å². The lowest BCUT2D eigenvalue weighted by molar-refractivity contribution is -0.268. The fraction of sp³-hybridized carbons (Fsp3) is 0.0952. The highest BCUT2D eigenvalue weighted by Crippen LogP contribution is 2.25. The van der Waals surface area contributed by atoms with E-state index in [0.717, 1.165) is 11.1 Å². The Kier molecular flexibility index (Phi) is 5.28. The second-order valence-corrected chi connectivity index (χ2v) is 7.76. The highest BCUT2D eigenvalue weighted by molar-refractivity contribution is 7.90. The van der Waals surface area contributed by atoms with Crippen molar-refractivity contribution in [3.8, 4) is 5.75 Å². The molecule has 3 aromatic rings. The van der Waals surface area contributed by atoms with Crippen LogP contribution in [-0.4, -0.2) is 14.3 Å². The number of anilines is 1. The molecule has 5 nitrogen and oxygen atoms in total. The number of aryl methyl sites for hydroxylation is 2. The lowest BCUT2D eigenvalue weighted by atomic mass is 10.1. The summed E-state index contributed by atoms with van der Waals surface area (Å²) in [7, 11) is -3.90. The van der Waals surface area contributed by atoms with Gasteiger partial charge in [0.2, 0.25) is 0 Å². The summed E-state index contributed by atoms with van der Waals surface area (Å²) in [4.78, 5) is 0.114. The van der Waals surface area contributed by atoms with Crippen LogP contribution in [-0.2, 0) is 10.0 Å². The summed E-state index contributed by atoms with van der Waals surface area (Å²) in [6, 6.07) is 20.1. The average Bonchev–Trinajstić information content (AvgIpc) is 2.65. The minimum absolute atomic E-state index is 0.0920. The Morgan fingerprint density at radius 2 is 1.41 bits per heavy atom. The highest BCUT2D eigenvalue weighted by atomic mass is 32.2. The molecule has 0 amide bonds. The molecule has 0 saturated carbocycles. The number of nitrogens with zero attached hydrogens (tertiary/aromatic N) is 1. The highest BCUT2D eigenvalue weighted by Gasteiger charge is 2.16. The molecule has 0 aliphatic heterocycles. The van der Waals surface area contributed by atoms with Crippen molar-refractivity contribution in [2.24, 2.45) is 4.40 Å². The van der Waals surface area contributed by atoms with Crippen molar-refractivity contribution in [1.29, 1.82) is 0 Å². The Hall–Kier alpha value is -3.12. The van der Waals surface area contributed by atoms with Crippen LogP contribution in [0, 0.1) is 13.8 Å². The largest absolute Gasteiger partial charge is 0.872 e. The van der Waals surface area contributed by atoms with Crippen molar-refractivity contribution >= 4 is 21.5 Å². The number of nitrogens with one attached hydrogen (secondary N) is 1. The summed E-state index contributed by atoms with van der Waals surface area (Å²) in [6.07, 6.45) is 0. The molecule has 0 atom stereocenters. The summed E-state index contributed by atoms with van der Waals surface area (Å²) in [5.41, 5.74) is 2.74. The summed E-state index contributed by atoms with van der Waals surface area (Å²) in [5.74, 6) is 0.106. The van der Waals surface area contributed by atoms with Crippen LogP contribution in [0.4, 0.5) is 5.69 Å². The quantitative estimate of drug-likeness (QED) is 0.554. The van der Waals surface area contributed by atoms with E-state index in [2.05, 4.69) is 9.71 Å². The lowest BCUT2D eigenvalue weighted by Gasteiger charge is -2.18. The number of benzene rings is 3. The second kappa shape index (κ2) is 7.63. The van der Waals surface area contributed by atoms with E-state index in [4.69, 9.17) is 0 Å². The van der Waals surface area contributed by atoms with Crippen LogP contribution >= 0.6 is 0 Å². The molecule has 0 aliphatic carbocycles. The van der Waals surface area contributed by atoms with Gasteiger partial charge in [-0.25, -0.2) is 0 Å². The Labute approximate surface area is 159 Å². The van der Waals surface area contributed by atoms with Crippen LogP contribution in [0.25, 0.3) is 0 Å². The van der Waals surface area contributed by atoms with Crippen LogP contribution in [0.15, 0.2) is 82.1 Å². The first-order valence-electron chi connectivity index (χ1n) is 8.37. The van der Waals surface area contributed by atoms with Crippen LogP contribution in [0.1, 0.15) is 16.7 Å². The Morgan fingerprint density at radius 3 is 1.96 bits per heavy atom. The van der Waals surface area contributed by atoms with Crippen LogP contribution in [0.3, 0.4) is 0 Å². The van der Waals surface area contributed by atoms with Crippen molar-refractivity contribution < 1.29 is 13.5 Å². The number of rotatable bonds is 4. The van der Waals surface area contributed by atoms with Crippen LogP contribution < -0.4 is 10.4 Å². The number of hydrogen-bond donors (Lipinski definition) is 1. The van der Waals surface area contributed by atoms with Gasteiger partial charge in [0.25, 0.3) is 10.0 Å². The normalized spacial score (nSPS) is 12.0. The Morgan fingerprint density at radius 1 is 0.889 bits per heavy atom. The van der Waals surface area contributed by atoms with Gasteiger partial charge in [0.15, 0.2) is 5.84 Å². The smallest absolute Gasteiger partial charge is 0.284 e. The number of sulfonamides is 1. The lowest BCUT2D eigenvalue weighted by Crippen LogP contribution is -2.18. The molecule has 0 heterocycles. The van der Waals surface area contributed by atoms with Gasteiger partial charge < -0.3 is 10.4 Å². The van der Waals surface area contributed by atoms with Gasteiger partial charge in [-0.15, -0.1) is 10.1 Å². The molecule has 0 saturated heterocycles. The predicted molar refractivity (Wildman–Crippen MR) is 106 cm³/mol. The van der Waals surface area contributed by atoms with Gasteiger partial charge in [0.1, 0.15) is 0 Å². The maximum absolute atomic E-state index is 12.8. The fourth-order valence-corrected chi connectivity index (χ4v) is 3.75. The molecule has 0 fully saturated rings. The monoisotopic (exact) mass is 379 g/mol. The van der Waals surface area contributed by atoms with Gasteiger partial charge in [-0.3, -0.25) is 0 Å². The molecule has 0 unspecified atom stereocenters. The Balaban J connectivity index is 2.11. The maximum atomic E-state index is 12.8. The van der Waals surface area contributed by atoms with E-state index < -0.39 is 10.0 Å². The van der Waals surface area contributed by atoms with Gasteiger partial charge >= 0.3 is 0 Å². The van der Waals surface area contributed by atoms with Gasteiger partial charge in [0.05, 0.1) is 4.90 Å². The molecule has 1 N–H and O–H groups in total. The van der Waals surface area contributed by atoms with Crippen LogP contribution in [0.2, 0.25) is 0 Å². The molecule has 0 bridgehead atoms. The van der Waals surface area contributed by atoms with Gasteiger partial charge in [0, 0.05) is 11.3 Å². The molecule has 0 radical (unpaired) electrons. The van der Waals surface area contributed by atoms with Crippen molar-refractivity contribution in [2.45, 2.75) is 18.7 Å². The SMILES string of the molecule is Cc1cc([O-])cc(C)c1NC(=NS(=O)(=O)c1ccccc1)c1ccccc1. The standard InChI is InChI=1S/C21H20N2O3S/c1-15-13-18(24)14-16(2)20(15)22-21(17-9-5-3-6-10-17)23-27(25,26)19-11-7-4-8-12-19/h3-14,24H,1-2H3,(H,22,23)/p-1. The van der Waals surface area contributed by atoms with Crippen molar-refractivity contribution in [2.75, 3.05) is 5.32 Å². The topological polar surface area (TPSA) is 81.6 Å². The molecule has 0 aliphatic rings. The maximum Gasteiger partial charge on any atom is 0.284 e. The van der Waals surface area contributed by atoms with Crippen molar-refractivity contribution in [3.63, 3.8) is 0 Å². The van der Waals surface area contributed by atoms with E-state index in [0.29, 0.717) is 11.3 Å². The first-order chi connectivity index (χ1) is 12.9. The molecule has 3 rings (SSSR count). The summed E-state index contributed by atoms with van der Waals surface area (Å²) < 4.78 is 29.6. The molecular formula is C21H19N2O3S-. The zero-order chi connectivity index (χ0) is 19.4. The van der Waals surface area contributed by atoms with E-state index in [-0.39, 0.29) is 16.5 Å². The molecule has 3 aromatic carbocycles. The Bertz CT molecular complexity index is 1050. The van der Waals surface area contributed by atoms with Crippen molar-refractivity contribution in [3.05, 3.63) is 89.5 Å². The summed E-state index contributed by atoms with van der Waals surface area (Å²) in [5, 5.41) is 14.8. The fourth-order valence-electron chi connectivity index (χ4n) is 2.75. The van der Waals surface area contributed by atoms with Gasteiger partial charge in [-0.1, -0.05) is 60.7 Å². The number of hydrogen-bond acceptors (Lipinski definition) is 3. The van der Waals surface area contributed by atoms with E-state index in [1.165, 1.54) is 24.3 Å². The minimum atomic E-state index is -3.90. The molecule has 138 valence electrons. The summed E-state index contributed by atoms with van der Waals surface area (Å²) in [6.45, 7) is 3.59. The minimum Gasteiger partial charge on any atom is -0.872 e. The zero-order valence-electron chi connectivity index (χ0n) is 15.0. The zero-order valence-corrected chi connectivity index (χ0v) is 15.8. The third kappa shape index (κ3) is 4.35. The molecule has 27 heavy (non-hydrogen) atoms. The predicted octanol–water partition coefficient (Wildman–Crippen LogP) is 3.62. The summed E-state index contributed by atoms with van der Waals surface area (Å²) >= 11 is 0. The van der Waals surface area contributed by atoms with Gasteiger partial charge in [-0.2, -0.15) is 8.42 Å². The third-order valence-electron chi connectivity index (χ3n) is 4.05. The molecular weight excluding hydrogens is 360 g/mol. The van der Waals surface area contributed by atoms with E-state index in [1.807, 2.05) is 18.2 Å². The van der Waals surface area contributed by atoms with Crippen LogP contribution in [0.5, 0.6) is 5.75 Å². The molecule has 6 heteroatoms. The van der Waals surface area contributed by atoms with Crippen molar-refractivity contribution in [1.82, 2.24) is 0 Å². The van der Waals surface area contributed by atoms with E-state index in [9.17, 15) is 13.5 Å². The first-order valence-corrected chi connectivity index (χ1v) is 9.81. The third-order valence-corrected chi connectivity index (χ3v) is 5.34.